The summed E-state index contributed by atoms with van der Waals surface area (Å²) in [5.74, 6) is -11.8. The van der Waals surface area contributed by atoms with Gasteiger partial charge in [0, 0.05) is 11.5 Å². The molecule has 2 saturated carbocycles. The molecule has 7 heteroatoms. The van der Waals surface area contributed by atoms with Crippen molar-refractivity contribution in [3.05, 3.63) is 29.3 Å². The van der Waals surface area contributed by atoms with E-state index < -0.39 is 59.6 Å². The van der Waals surface area contributed by atoms with Crippen LogP contribution in [0.3, 0.4) is 0 Å². The summed E-state index contributed by atoms with van der Waals surface area (Å²) in [5, 5.41) is 0. The van der Waals surface area contributed by atoms with Crippen LogP contribution >= 0.6 is 0 Å². The van der Waals surface area contributed by atoms with E-state index in [0.29, 0.717) is 6.42 Å². The summed E-state index contributed by atoms with van der Waals surface area (Å²) in [6, 6.07) is 2.15. The lowest BCUT2D eigenvalue weighted by Gasteiger charge is -2.29. The topological polar surface area (TPSA) is 9.23 Å². The Labute approximate surface area is 161 Å². The van der Waals surface area contributed by atoms with Gasteiger partial charge in [-0.15, -0.1) is 0 Å². The zero-order chi connectivity index (χ0) is 20.6. The second-order valence-electron chi connectivity index (χ2n) is 8.02. The van der Waals surface area contributed by atoms with E-state index in [-0.39, 0.29) is 31.1 Å². The molecular formula is C21H26F6O. The molecule has 0 aliphatic heterocycles. The van der Waals surface area contributed by atoms with Crippen molar-refractivity contribution in [3.8, 4) is 5.75 Å². The molecule has 1 nitrogen and oxygen atoms in total. The number of hydrogen-bond acceptors (Lipinski definition) is 1. The van der Waals surface area contributed by atoms with Crippen molar-refractivity contribution in [2.45, 2.75) is 70.1 Å². The second kappa shape index (κ2) is 8.15. The van der Waals surface area contributed by atoms with Crippen LogP contribution in [-0.2, 0) is 0 Å². The Morgan fingerprint density at radius 2 is 1.68 bits per heavy atom. The fourth-order valence-corrected chi connectivity index (χ4v) is 5.09. The largest absolute Gasteiger partial charge is 0.491 e. The molecule has 2 fully saturated rings. The maximum Gasteiger partial charge on any atom is 0.260 e. The Hall–Kier alpha value is -1.40. The zero-order valence-electron chi connectivity index (χ0n) is 16.0. The number of ether oxygens (including phenoxy) is 1. The molecule has 1 aromatic rings. The number of rotatable bonds is 5. The van der Waals surface area contributed by atoms with Crippen LogP contribution < -0.4 is 4.74 Å². The van der Waals surface area contributed by atoms with Crippen molar-refractivity contribution in [2.75, 3.05) is 6.61 Å². The van der Waals surface area contributed by atoms with Gasteiger partial charge < -0.3 is 4.74 Å². The van der Waals surface area contributed by atoms with E-state index in [4.69, 9.17) is 4.74 Å². The van der Waals surface area contributed by atoms with Crippen LogP contribution in [0.25, 0.3) is 0 Å². The third-order valence-electron chi connectivity index (χ3n) is 6.30. The smallest absolute Gasteiger partial charge is 0.260 e. The number of hydrogen-bond donors (Lipinski definition) is 0. The predicted octanol–water partition coefficient (Wildman–Crippen LogP) is 6.60. The molecule has 0 amide bonds. The minimum atomic E-state index is -3.66. The SMILES string of the molecule is CCCC1CC(F)C2CC(c3ccc(OCC)c(F)c3F)C(F)(F)C2C(F)C1. The van der Waals surface area contributed by atoms with Crippen LogP contribution in [0.1, 0.15) is 57.4 Å². The minimum Gasteiger partial charge on any atom is -0.491 e. The predicted molar refractivity (Wildman–Crippen MR) is 94.2 cm³/mol. The third kappa shape index (κ3) is 3.61. The van der Waals surface area contributed by atoms with Crippen molar-refractivity contribution in [3.63, 3.8) is 0 Å². The fourth-order valence-electron chi connectivity index (χ4n) is 5.09. The van der Waals surface area contributed by atoms with Gasteiger partial charge in [0.15, 0.2) is 11.6 Å². The van der Waals surface area contributed by atoms with Crippen LogP contribution in [0.15, 0.2) is 12.1 Å². The quantitative estimate of drug-likeness (QED) is 0.499. The van der Waals surface area contributed by atoms with E-state index in [1.807, 2.05) is 6.92 Å². The second-order valence-corrected chi connectivity index (χ2v) is 8.02. The molecule has 2 aliphatic rings. The highest BCUT2D eigenvalue weighted by Crippen LogP contribution is 2.59. The first kappa shape index (κ1) is 21.3. The first-order chi connectivity index (χ1) is 13.2. The number of halogens is 6. The minimum absolute atomic E-state index is 0.0400. The summed E-state index contributed by atoms with van der Waals surface area (Å²) >= 11 is 0. The lowest BCUT2D eigenvalue weighted by Crippen LogP contribution is -2.38. The van der Waals surface area contributed by atoms with E-state index in [2.05, 4.69) is 0 Å². The maximum atomic E-state index is 15.2. The van der Waals surface area contributed by atoms with Crippen molar-refractivity contribution >= 4 is 0 Å². The molecule has 0 aromatic heterocycles. The normalized spacial score (nSPS) is 34.7. The van der Waals surface area contributed by atoms with Crippen molar-refractivity contribution in [1.82, 2.24) is 0 Å². The first-order valence-electron chi connectivity index (χ1n) is 9.98. The van der Waals surface area contributed by atoms with Crippen molar-refractivity contribution < 1.29 is 31.1 Å². The Morgan fingerprint density at radius 1 is 1.00 bits per heavy atom. The number of fused-ring (bicyclic) bond motifs is 1. The summed E-state index contributed by atoms with van der Waals surface area (Å²) in [6.07, 6.45) is -2.59. The van der Waals surface area contributed by atoms with Crippen molar-refractivity contribution in [2.24, 2.45) is 17.8 Å². The van der Waals surface area contributed by atoms with Gasteiger partial charge in [-0.25, -0.2) is 22.0 Å². The van der Waals surface area contributed by atoms with Gasteiger partial charge in [0.2, 0.25) is 5.82 Å². The molecule has 0 radical (unpaired) electrons. The summed E-state index contributed by atoms with van der Waals surface area (Å²) in [4.78, 5) is 0. The average Bonchev–Trinajstić information content (AvgIpc) is 2.83. The fraction of sp³-hybridized carbons (Fsp3) is 0.714. The Morgan fingerprint density at radius 3 is 2.32 bits per heavy atom. The van der Waals surface area contributed by atoms with Crippen molar-refractivity contribution in [1.29, 1.82) is 0 Å². The van der Waals surface area contributed by atoms with Crippen LogP contribution in [0.2, 0.25) is 0 Å². The maximum absolute atomic E-state index is 15.2. The van der Waals surface area contributed by atoms with Gasteiger partial charge in [-0.1, -0.05) is 25.8 Å². The summed E-state index contributed by atoms with van der Waals surface area (Å²) in [5.41, 5.74) is -0.538. The van der Waals surface area contributed by atoms with Gasteiger partial charge in [-0.05, 0) is 38.2 Å². The first-order valence-corrected chi connectivity index (χ1v) is 9.98. The molecule has 6 unspecified atom stereocenters. The molecule has 28 heavy (non-hydrogen) atoms. The van der Waals surface area contributed by atoms with Crippen LogP contribution in [-0.4, -0.2) is 24.9 Å². The molecule has 158 valence electrons. The lowest BCUT2D eigenvalue weighted by molar-refractivity contribution is -0.0915. The van der Waals surface area contributed by atoms with E-state index in [0.717, 1.165) is 18.6 Å². The molecule has 1 aromatic carbocycles. The number of alkyl halides is 4. The standard InChI is InChI=1S/C21H26F6O/c1-3-5-11-8-15(22)13-10-14(21(26,27)18(13)16(23)9-11)12-6-7-17(28-4-2)20(25)19(12)24/h6-7,11,13-16,18H,3-5,8-10H2,1-2H3. The molecule has 6 atom stereocenters. The molecule has 0 heterocycles. The van der Waals surface area contributed by atoms with Crippen LogP contribution in [0.5, 0.6) is 5.75 Å². The Bertz CT molecular complexity index is 694. The molecule has 2 aliphatic carbocycles. The van der Waals surface area contributed by atoms with E-state index in [1.54, 1.807) is 6.92 Å². The van der Waals surface area contributed by atoms with Gasteiger partial charge in [-0.3, -0.25) is 0 Å². The van der Waals surface area contributed by atoms with E-state index >= 15 is 8.78 Å². The monoisotopic (exact) mass is 408 g/mol. The summed E-state index contributed by atoms with van der Waals surface area (Å²) in [7, 11) is 0. The molecule has 0 N–H and O–H groups in total. The van der Waals surface area contributed by atoms with Crippen LogP contribution in [0.4, 0.5) is 26.3 Å². The average molecular weight is 408 g/mol. The lowest BCUT2D eigenvalue weighted by atomic mass is 9.86. The van der Waals surface area contributed by atoms with Gasteiger partial charge in [0.1, 0.15) is 12.3 Å². The molecular weight excluding hydrogens is 382 g/mol. The summed E-state index contributed by atoms with van der Waals surface area (Å²) < 4.78 is 93.7. The highest BCUT2D eigenvalue weighted by molar-refractivity contribution is 5.35. The van der Waals surface area contributed by atoms with Gasteiger partial charge in [0.25, 0.3) is 5.92 Å². The Kier molecular flexibility index (Phi) is 6.20. The summed E-state index contributed by atoms with van der Waals surface area (Å²) in [6.45, 7) is 3.56. The van der Waals surface area contributed by atoms with Crippen LogP contribution in [0, 0.1) is 29.4 Å². The third-order valence-corrected chi connectivity index (χ3v) is 6.30. The molecule has 0 bridgehead atoms. The van der Waals surface area contributed by atoms with Gasteiger partial charge >= 0.3 is 0 Å². The molecule has 3 rings (SSSR count). The molecule has 0 spiro atoms. The highest BCUT2D eigenvalue weighted by atomic mass is 19.3. The van der Waals surface area contributed by atoms with E-state index in [1.165, 1.54) is 0 Å². The van der Waals surface area contributed by atoms with Gasteiger partial charge in [0.05, 0.1) is 18.4 Å². The molecule has 0 saturated heterocycles. The number of benzene rings is 1. The van der Waals surface area contributed by atoms with E-state index in [9.17, 15) is 17.6 Å². The highest BCUT2D eigenvalue weighted by Gasteiger charge is 2.63. The zero-order valence-corrected chi connectivity index (χ0v) is 16.0. The van der Waals surface area contributed by atoms with Gasteiger partial charge in [-0.2, -0.15) is 4.39 Å². The Balaban J connectivity index is 1.94.